The molecule has 1 aromatic rings. The van der Waals surface area contributed by atoms with E-state index in [1.807, 2.05) is 23.3 Å². The van der Waals surface area contributed by atoms with E-state index in [2.05, 4.69) is 17.2 Å². The molecule has 1 aliphatic heterocycles. The Balaban J connectivity index is 2.00. The van der Waals surface area contributed by atoms with E-state index >= 15 is 0 Å². The molecule has 0 bridgehead atoms. The summed E-state index contributed by atoms with van der Waals surface area (Å²) in [6.07, 6.45) is 3.09. The van der Waals surface area contributed by atoms with E-state index in [4.69, 9.17) is 0 Å². The van der Waals surface area contributed by atoms with Crippen molar-refractivity contribution < 1.29 is 0 Å². The average Bonchev–Trinajstić information content (AvgIpc) is 2.75. The summed E-state index contributed by atoms with van der Waals surface area (Å²) >= 11 is 3.71. The summed E-state index contributed by atoms with van der Waals surface area (Å²) in [5, 5.41) is 7.26. The molecule has 1 fully saturated rings. The molecule has 2 nitrogen and oxygen atoms in total. The van der Waals surface area contributed by atoms with Crippen molar-refractivity contribution in [3.8, 4) is 0 Å². The quantitative estimate of drug-likeness (QED) is 0.792. The van der Waals surface area contributed by atoms with E-state index in [1.54, 1.807) is 11.3 Å². The molecule has 2 heterocycles. The van der Waals surface area contributed by atoms with Crippen molar-refractivity contribution in [3.63, 3.8) is 0 Å². The van der Waals surface area contributed by atoms with E-state index in [9.17, 15) is 0 Å². The van der Waals surface area contributed by atoms with Crippen LogP contribution in [0.1, 0.15) is 23.7 Å². The fourth-order valence-corrected chi connectivity index (χ4v) is 3.46. The number of thioether (sulfide) groups is 1. The molecule has 0 aromatic carbocycles. The van der Waals surface area contributed by atoms with Crippen molar-refractivity contribution in [1.82, 2.24) is 10.3 Å². The van der Waals surface area contributed by atoms with Crippen LogP contribution in [0.4, 0.5) is 0 Å². The summed E-state index contributed by atoms with van der Waals surface area (Å²) in [5.41, 5.74) is 0. The molecular formula is C8H12N2S2. The minimum absolute atomic E-state index is 0.454. The van der Waals surface area contributed by atoms with Gasteiger partial charge in [-0.25, -0.2) is 4.98 Å². The first-order valence-corrected chi connectivity index (χ1v) is 6.10. The number of nitrogens with zero attached hydrogens (tertiary/aromatic N) is 1. The fourth-order valence-electron chi connectivity index (χ4n) is 1.26. The summed E-state index contributed by atoms with van der Waals surface area (Å²) in [7, 11) is 0. The Labute approximate surface area is 80.8 Å². The maximum atomic E-state index is 4.30. The second-order valence-electron chi connectivity index (χ2n) is 2.86. The standard InChI is InChI=1S/C8H12N2S2/c1-2-6-5-12-8(10-6)7-9-3-4-11-7/h3-4,6,8,10H,2,5H2,1H3. The lowest BCUT2D eigenvalue weighted by molar-refractivity contribution is 0.560. The highest BCUT2D eigenvalue weighted by molar-refractivity contribution is 7.99. The minimum atomic E-state index is 0.454. The summed E-state index contributed by atoms with van der Waals surface area (Å²) in [6.45, 7) is 2.22. The van der Waals surface area contributed by atoms with E-state index in [1.165, 1.54) is 17.2 Å². The zero-order valence-corrected chi connectivity index (χ0v) is 8.62. The molecule has 1 aliphatic rings. The average molecular weight is 200 g/mol. The van der Waals surface area contributed by atoms with Crippen molar-refractivity contribution in [2.45, 2.75) is 24.8 Å². The second kappa shape index (κ2) is 3.77. The Hall–Kier alpha value is -0.0600. The van der Waals surface area contributed by atoms with E-state index in [0.29, 0.717) is 11.4 Å². The fraction of sp³-hybridized carbons (Fsp3) is 0.625. The highest BCUT2D eigenvalue weighted by Crippen LogP contribution is 2.34. The molecule has 0 radical (unpaired) electrons. The maximum absolute atomic E-state index is 4.30. The van der Waals surface area contributed by atoms with Gasteiger partial charge in [-0.15, -0.1) is 23.1 Å². The van der Waals surface area contributed by atoms with Crippen LogP contribution in [0.5, 0.6) is 0 Å². The zero-order chi connectivity index (χ0) is 8.39. The molecule has 2 unspecified atom stereocenters. The van der Waals surface area contributed by atoms with Crippen LogP contribution in [0.15, 0.2) is 11.6 Å². The predicted molar refractivity (Wildman–Crippen MR) is 54.5 cm³/mol. The predicted octanol–water partition coefficient (Wildman–Crippen LogP) is 2.26. The molecule has 2 atom stereocenters. The van der Waals surface area contributed by atoms with Gasteiger partial charge in [0.25, 0.3) is 0 Å². The van der Waals surface area contributed by atoms with E-state index < -0.39 is 0 Å². The number of hydrogen-bond acceptors (Lipinski definition) is 4. The van der Waals surface area contributed by atoms with Crippen LogP contribution in [0.25, 0.3) is 0 Å². The van der Waals surface area contributed by atoms with Crippen molar-refractivity contribution in [3.05, 3.63) is 16.6 Å². The van der Waals surface area contributed by atoms with Crippen LogP contribution in [0.2, 0.25) is 0 Å². The molecule has 66 valence electrons. The Morgan fingerprint density at radius 1 is 1.75 bits per heavy atom. The highest BCUT2D eigenvalue weighted by Gasteiger charge is 2.25. The molecule has 4 heteroatoms. The highest BCUT2D eigenvalue weighted by atomic mass is 32.2. The summed E-state index contributed by atoms with van der Waals surface area (Å²) in [4.78, 5) is 4.30. The summed E-state index contributed by atoms with van der Waals surface area (Å²) in [5.74, 6) is 1.22. The molecule has 0 spiro atoms. The molecule has 2 rings (SSSR count). The molecular weight excluding hydrogens is 188 g/mol. The molecule has 0 saturated carbocycles. The molecule has 1 N–H and O–H groups in total. The first-order chi connectivity index (χ1) is 5.90. The van der Waals surface area contributed by atoms with Crippen LogP contribution >= 0.6 is 23.1 Å². The van der Waals surface area contributed by atoms with Crippen molar-refractivity contribution in [2.75, 3.05) is 5.75 Å². The van der Waals surface area contributed by atoms with Crippen molar-refractivity contribution in [1.29, 1.82) is 0 Å². The number of aromatic nitrogens is 1. The van der Waals surface area contributed by atoms with Gasteiger partial charge in [0.2, 0.25) is 0 Å². The molecule has 0 amide bonds. The van der Waals surface area contributed by atoms with Gasteiger partial charge in [0.1, 0.15) is 10.4 Å². The third-order valence-electron chi connectivity index (χ3n) is 2.02. The summed E-state index contributed by atoms with van der Waals surface area (Å²) in [6, 6.07) is 0.684. The Morgan fingerprint density at radius 3 is 3.25 bits per heavy atom. The van der Waals surface area contributed by atoms with Gasteiger partial charge in [0, 0.05) is 23.4 Å². The van der Waals surface area contributed by atoms with Crippen molar-refractivity contribution in [2.24, 2.45) is 0 Å². The van der Waals surface area contributed by atoms with Crippen LogP contribution < -0.4 is 5.32 Å². The Bertz CT molecular complexity index is 235. The Kier molecular flexibility index (Phi) is 2.68. The zero-order valence-electron chi connectivity index (χ0n) is 6.99. The minimum Gasteiger partial charge on any atom is -0.296 e. The Morgan fingerprint density at radius 2 is 2.67 bits per heavy atom. The number of rotatable bonds is 2. The SMILES string of the molecule is CCC1CSC(c2nccs2)N1. The monoisotopic (exact) mass is 200 g/mol. The van der Waals surface area contributed by atoms with Gasteiger partial charge in [-0.3, -0.25) is 5.32 Å². The van der Waals surface area contributed by atoms with Gasteiger partial charge in [0.15, 0.2) is 0 Å². The second-order valence-corrected chi connectivity index (χ2v) is 4.92. The largest absolute Gasteiger partial charge is 0.296 e. The molecule has 12 heavy (non-hydrogen) atoms. The lowest BCUT2D eigenvalue weighted by Gasteiger charge is -2.08. The van der Waals surface area contributed by atoms with Gasteiger partial charge in [-0.2, -0.15) is 0 Å². The van der Waals surface area contributed by atoms with Gasteiger partial charge >= 0.3 is 0 Å². The molecule has 1 aromatic heterocycles. The summed E-state index contributed by atoms with van der Waals surface area (Å²) < 4.78 is 0. The third-order valence-corrected chi connectivity index (χ3v) is 4.30. The van der Waals surface area contributed by atoms with Gasteiger partial charge < -0.3 is 0 Å². The number of nitrogens with one attached hydrogen (secondary N) is 1. The van der Waals surface area contributed by atoms with Gasteiger partial charge in [0.05, 0.1) is 0 Å². The molecule has 1 saturated heterocycles. The first-order valence-electron chi connectivity index (χ1n) is 4.17. The topological polar surface area (TPSA) is 24.9 Å². The molecule has 0 aliphatic carbocycles. The maximum Gasteiger partial charge on any atom is 0.120 e. The lowest BCUT2D eigenvalue weighted by Crippen LogP contribution is -2.24. The third kappa shape index (κ3) is 1.65. The number of hydrogen-bond donors (Lipinski definition) is 1. The normalized spacial score (nSPS) is 29.4. The smallest absolute Gasteiger partial charge is 0.120 e. The van der Waals surface area contributed by atoms with Crippen molar-refractivity contribution >= 4 is 23.1 Å². The van der Waals surface area contributed by atoms with E-state index in [0.717, 1.165) is 0 Å². The van der Waals surface area contributed by atoms with Crippen LogP contribution in [0.3, 0.4) is 0 Å². The van der Waals surface area contributed by atoms with Crippen LogP contribution in [-0.4, -0.2) is 16.8 Å². The van der Waals surface area contributed by atoms with Gasteiger partial charge in [-0.05, 0) is 6.42 Å². The van der Waals surface area contributed by atoms with E-state index in [-0.39, 0.29) is 0 Å². The van der Waals surface area contributed by atoms with Crippen LogP contribution in [0, 0.1) is 0 Å². The number of thiazole rings is 1. The van der Waals surface area contributed by atoms with Crippen LogP contribution in [-0.2, 0) is 0 Å². The van der Waals surface area contributed by atoms with Gasteiger partial charge in [-0.1, -0.05) is 6.92 Å². The lowest BCUT2D eigenvalue weighted by atomic mass is 10.3. The first kappa shape index (κ1) is 8.53.